The fourth-order valence-electron chi connectivity index (χ4n) is 4.35. The molecule has 0 N–H and O–H groups in total. The number of hydrogen-bond acceptors (Lipinski definition) is 6. The Hall–Kier alpha value is -3.29. The molecule has 0 aromatic heterocycles. The van der Waals surface area contributed by atoms with Crippen molar-refractivity contribution in [2.75, 3.05) is 6.61 Å². The topological polar surface area (TPSA) is 63.2 Å². The second-order valence-corrected chi connectivity index (χ2v) is 8.96. The molecule has 0 unspecified atom stereocenters. The molecule has 194 valence electrons. The van der Waals surface area contributed by atoms with Gasteiger partial charge < -0.3 is 23.7 Å². The van der Waals surface area contributed by atoms with E-state index in [1.54, 1.807) is 6.08 Å². The van der Waals surface area contributed by atoms with Crippen LogP contribution in [0.15, 0.2) is 104 Å². The molecule has 1 aliphatic heterocycles. The Kier molecular flexibility index (Phi) is 10.0. The minimum atomic E-state index is -0.562. The Morgan fingerprint density at radius 1 is 0.730 bits per heavy atom. The van der Waals surface area contributed by atoms with E-state index in [1.807, 2.05) is 91.0 Å². The van der Waals surface area contributed by atoms with Crippen LogP contribution in [0.2, 0.25) is 0 Å². The average molecular weight is 503 g/mol. The summed E-state index contributed by atoms with van der Waals surface area (Å²) in [6.45, 7) is 6.49. The van der Waals surface area contributed by atoms with Crippen LogP contribution < -0.4 is 0 Å². The van der Waals surface area contributed by atoms with E-state index in [0.717, 1.165) is 16.7 Å². The van der Waals surface area contributed by atoms with Crippen molar-refractivity contribution < 1.29 is 28.5 Å². The zero-order chi connectivity index (χ0) is 25.9. The zero-order valence-corrected chi connectivity index (χ0v) is 21.1. The number of benzene rings is 3. The number of hydrogen-bond donors (Lipinski definition) is 0. The summed E-state index contributed by atoms with van der Waals surface area (Å²) in [5.41, 5.74) is 3.09. The van der Waals surface area contributed by atoms with Gasteiger partial charge in [0.1, 0.15) is 37.1 Å². The number of ether oxygens (including phenoxy) is 5. The zero-order valence-electron chi connectivity index (χ0n) is 21.1. The van der Waals surface area contributed by atoms with Crippen LogP contribution in [0.5, 0.6) is 0 Å². The average Bonchev–Trinajstić information content (AvgIpc) is 2.94. The van der Waals surface area contributed by atoms with Gasteiger partial charge >= 0.3 is 5.97 Å². The Balaban J connectivity index is 1.60. The molecule has 0 amide bonds. The van der Waals surface area contributed by atoms with E-state index in [-0.39, 0.29) is 12.6 Å². The minimum Gasteiger partial charge on any atom is -0.463 e. The van der Waals surface area contributed by atoms with Gasteiger partial charge in [0.15, 0.2) is 0 Å². The fraction of sp³-hybridized carbons (Fsp3) is 0.323. The number of esters is 1. The van der Waals surface area contributed by atoms with Crippen LogP contribution in [0.1, 0.15) is 23.6 Å². The largest absolute Gasteiger partial charge is 0.463 e. The number of carbonyl (C=O) groups is 1. The van der Waals surface area contributed by atoms with Crippen molar-refractivity contribution in [3.63, 3.8) is 0 Å². The highest BCUT2D eigenvalue weighted by atomic mass is 16.6. The van der Waals surface area contributed by atoms with Gasteiger partial charge in [0.2, 0.25) is 0 Å². The van der Waals surface area contributed by atoms with Gasteiger partial charge in [-0.15, -0.1) is 6.58 Å². The molecule has 0 saturated carbocycles. The molecule has 3 aromatic rings. The standard InChI is InChI=1S/C31H34O6/c1-3-27-29(34-19-24-13-7-4-8-14-24)31(36-21-26-17-11-6-12-18-26)30(28(37-27)22-33-23(2)32)35-20-25-15-9-5-10-16-25/h3-18,27-31H,1,19-22H2,2H3/t27-,28-,29+,30+,31-/m1/s1. The normalized spacial score (nSPS) is 23.3. The lowest BCUT2D eigenvalue weighted by Crippen LogP contribution is -2.60. The maximum absolute atomic E-state index is 11.6. The summed E-state index contributed by atoms with van der Waals surface area (Å²) in [5, 5.41) is 0. The van der Waals surface area contributed by atoms with Gasteiger partial charge in [-0.05, 0) is 16.7 Å². The van der Waals surface area contributed by atoms with Crippen molar-refractivity contribution in [1.29, 1.82) is 0 Å². The Morgan fingerprint density at radius 2 is 1.16 bits per heavy atom. The summed E-state index contributed by atoms with van der Waals surface area (Å²) in [4.78, 5) is 11.6. The minimum absolute atomic E-state index is 0.0374. The number of rotatable bonds is 12. The molecule has 6 heteroatoms. The van der Waals surface area contributed by atoms with Gasteiger partial charge in [-0.1, -0.05) is 97.1 Å². The van der Waals surface area contributed by atoms with Crippen molar-refractivity contribution in [3.05, 3.63) is 120 Å². The van der Waals surface area contributed by atoms with E-state index < -0.39 is 30.5 Å². The summed E-state index contributed by atoms with van der Waals surface area (Å²) < 4.78 is 31.1. The highest BCUT2D eigenvalue weighted by molar-refractivity contribution is 5.65. The third-order valence-corrected chi connectivity index (χ3v) is 6.21. The van der Waals surface area contributed by atoms with E-state index in [4.69, 9.17) is 23.7 Å². The van der Waals surface area contributed by atoms with Crippen molar-refractivity contribution in [2.24, 2.45) is 0 Å². The monoisotopic (exact) mass is 502 g/mol. The van der Waals surface area contributed by atoms with Gasteiger partial charge in [0.25, 0.3) is 0 Å². The second-order valence-electron chi connectivity index (χ2n) is 8.96. The molecular formula is C31H34O6. The first-order valence-corrected chi connectivity index (χ1v) is 12.5. The van der Waals surface area contributed by atoms with Crippen LogP contribution in [0.25, 0.3) is 0 Å². The molecule has 4 rings (SSSR count). The van der Waals surface area contributed by atoms with Crippen LogP contribution in [-0.4, -0.2) is 43.1 Å². The maximum Gasteiger partial charge on any atom is 0.302 e. The Bertz CT molecular complexity index is 1090. The van der Waals surface area contributed by atoms with Crippen LogP contribution >= 0.6 is 0 Å². The smallest absolute Gasteiger partial charge is 0.302 e. The summed E-state index contributed by atoms with van der Waals surface area (Å²) in [7, 11) is 0. The van der Waals surface area contributed by atoms with E-state index in [0.29, 0.717) is 19.8 Å². The van der Waals surface area contributed by atoms with Gasteiger partial charge in [0, 0.05) is 6.92 Å². The fourth-order valence-corrected chi connectivity index (χ4v) is 4.35. The van der Waals surface area contributed by atoms with E-state index in [2.05, 4.69) is 6.58 Å². The molecule has 0 aliphatic carbocycles. The maximum atomic E-state index is 11.6. The predicted molar refractivity (Wildman–Crippen MR) is 141 cm³/mol. The molecule has 1 saturated heterocycles. The van der Waals surface area contributed by atoms with E-state index >= 15 is 0 Å². The van der Waals surface area contributed by atoms with E-state index in [1.165, 1.54) is 6.92 Å². The predicted octanol–water partition coefficient (Wildman–Crippen LogP) is 5.26. The van der Waals surface area contributed by atoms with Crippen LogP contribution in [0, 0.1) is 0 Å². The summed E-state index contributed by atoms with van der Waals surface area (Å²) in [5.74, 6) is -0.384. The molecule has 5 atom stereocenters. The van der Waals surface area contributed by atoms with E-state index in [9.17, 15) is 4.79 Å². The molecule has 0 bridgehead atoms. The molecular weight excluding hydrogens is 468 g/mol. The molecule has 1 heterocycles. The first-order chi connectivity index (χ1) is 18.1. The van der Waals surface area contributed by atoms with Crippen molar-refractivity contribution in [2.45, 2.75) is 57.3 Å². The summed E-state index contributed by atoms with van der Waals surface area (Å²) >= 11 is 0. The molecule has 1 aliphatic rings. The summed E-state index contributed by atoms with van der Waals surface area (Å²) in [6.07, 6.45) is -0.890. The molecule has 37 heavy (non-hydrogen) atoms. The quantitative estimate of drug-likeness (QED) is 0.249. The SMILES string of the molecule is C=C[C@H]1O[C@H](COC(C)=O)[C@H](OCc2ccccc2)[C@H](OCc2ccccc2)[C@H]1OCc1ccccc1. The molecule has 1 fully saturated rings. The third kappa shape index (κ3) is 7.84. The third-order valence-electron chi connectivity index (χ3n) is 6.21. The van der Waals surface area contributed by atoms with Gasteiger partial charge in [-0.3, -0.25) is 4.79 Å². The number of carbonyl (C=O) groups excluding carboxylic acids is 1. The van der Waals surface area contributed by atoms with Crippen LogP contribution in [0.3, 0.4) is 0 Å². The lowest BCUT2D eigenvalue weighted by Gasteiger charge is -2.45. The van der Waals surface area contributed by atoms with Gasteiger partial charge in [-0.25, -0.2) is 0 Å². The molecule has 0 spiro atoms. The lowest BCUT2D eigenvalue weighted by atomic mass is 9.94. The van der Waals surface area contributed by atoms with Crippen molar-refractivity contribution in [3.8, 4) is 0 Å². The summed E-state index contributed by atoms with van der Waals surface area (Å²) in [6, 6.07) is 29.8. The van der Waals surface area contributed by atoms with Crippen molar-refractivity contribution in [1.82, 2.24) is 0 Å². The highest BCUT2D eigenvalue weighted by Gasteiger charge is 2.47. The highest BCUT2D eigenvalue weighted by Crippen LogP contribution is 2.31. The van der Waals surface area contributed by atoms with Gasteiger partial charge in [-0.2, -0.15) is 0 Å². The Morgan fingerprint density at radius 3 is 1.59 bits per heavy atom. The first-order valence-electron chi connectivity index (χ1n) is 12.5. The first kappa shape index (κ1) is 26.8. The van der Waals surface area contributed by atoms with Crippen LogP contribution in [0.4, 0.5) is 0 Å². The molecule has 6 nitrogen and oxygen atoms in total. The molecule has 3 aromatic carbocycles. The molecule has 0 radical (unpaired) electrons. The second kappa shape index (κ2) is 13.9. The van der Waals surface area contributed by atoms with Gasteiger partial charge in [0.05, 0.1) is 19.8 Å². The lowest BCUT2D eigenvalue weighted by molar-refractivity contribution is -0.261. The van der Waals surface area contributed by atoms with Crippen molar-refractivity contribution >= 4 is 5.97 Å². The Labute approximate surface area is 218 Å². The van der Waals surface area contributed by atoms with Crippen LogP contribution in [-0.2, 0) is 48.3 Å².